The Morgan fingerprint density at radius 2 is 1.94 bits per heavy atom. The van der Waals surface area contributed by atoms with Crippen LogP contribution in [0.5, 0.6) is 0 Å². The first-order valence-corrected chi connectivity index (χ1v) is 6.38. The Labute approximate surface area is 110 Å². The maximum atomic E-state index is 5.83. The van der Waals surface area contributed by atoms with Gasteiger partial charge in [-0.3, -0.25) is 0 Å². The van der Waals surface area contributed by atoms with E-state index in [0.717, 1.165) is 29.1 Å². The molecule has 17 heavy (non-hydrogen) atoms. The summed E-state index contributed by atoms with van der Waals surface area (Å²) in [6.07, 6.45) is 3.77. The molecule has 0 aliphatic carbocycles. The Morgan fingerprint density at radius 1 is 1.18 bits per heavy atom. The molecule has 1 heterocycles. The first kappa shape index (κ1) is 12.4. The monoisotopic (exact) mass is 269 g/mol. The summed E-state index contributed by atoms with van der Waals surface area (Å²) < 4.78 is 1.83. The Hall–Kier alpha value is -1.06. The molecule has 0 saturated heterocycles. The Morgan fingerprint density at radius 3 is 2.65 bits per heavy atom. The Balaban J connectivity index is 1.98. The van der Waals surface area contributed by atoms with Crippen LogP contribution in [0, 0.1) is 0 Å². The zero-order valence-electron chi connectivity index (χ0n) is 9.31. The van der Waals surface area contributed by atoms with E-state index < -0.39 is 0 Å². The van der Waals surface area contributed by atoms with Crippen LogP contribution in [-0.2, 0) is 13.0 Å². The van der Waals surface area contributed by atoms with Crippen molar-refractivity contribution in [2.75, 3.05) is 5.88 Å². The first-order valence-electron chi connectivity index (χ1n) is 5.47. The van der Waals surface area contributed by atoms with Crippen molar-refractivity contribution in [3.63, 3.8) is 0 Å². The quantitative estimate of drug-likeness (QED) is 0.781. The number of hydrogen-bond acceptors (Lipinski definition) is 2. The van der Waals surface area contributed by atoms with Gasteiger partial charge in [0, 0.05) is 17.1 Å². The standard InChI is InChI=1S/C12H13Cl2N3/c13-7-1-2-12-9-17(16-15-12)8-10-3-5-11(14)6-4-10/h3-6,9H,1-2,7-8H2. The van der Waals surface area contributed by atoms with Gasteiger partial charge in [0.25, 0.3) is 0 Å². The van der Waals surface area contributed by atoms with Crippen molar-refractivity contribution in [2.45, 2.75) is 19.4 Å². The van der Waals surface area contributed by atoms with E-state index in [-0.39, 0.29) is 0 Å². The number of nitrogens with zero attached hydrogens (tertiary/aromatic N) is 3. The summed E-state index contributed by atoms with van der Waals surface area (Å²) in [5.41, 5.74) is 2.14. The minimum Gasteiger partial charge on any atom is -0.248 e. The molecule has 0 radical (unpaired) electrons. The van der Waals surface area contributed by atoms with Crippen molar-refractivity contribution in [2.24, 2.45) is 0 Å². The normalized spacial score (nSPS) is 10.7. The van der Waals surface area contributed by atoms with Crippen LogP contribution in [0.2, 0.25) is 5.02 Å². The largest absolute Gasteiger partial charge is 0.248 e. The molecule has 0 aliphatic heterocycles. The Kier molecular flexibility index (Phi) is 4.40. The molecular weight excluding hydrogens is 257 g/mol. The lowest BCUT2D eigenvalue weighted by atomic mass is 10.2. The molecule has 0 unspecified atom stereocenters. The highest BCUT2D eigenvalue weighted by atomic mass is 35.5. The molecule has 0 saturated carbocycles. The van der Waals surface area contributed by atoms with E-state index in [9.17, 15) is 0 Å². The van der Waals surface area contributed by atoms with E-state index in [1.165, 1.54) is 0 Å². The Bertz CT molecular complexity index is 465. The molecule has 0 atom stereocenters. The van der Waals surface area contributed by atoms with Gasteiger partial charge in [-0.25, -0.2) is 4.68 Å². The summed E-state index contributed by atoms with van der Waals surface area (Å²) in [6.45, 7) is 0.713. The molecule has 0 amide bonds. The van der Waals surface area contributed by atoms with E-state index in [4.69, 9.17) is 23.2 Å². The smallest absolute Gasteiger partial charge is 0.0827 e. The average molecular weight is 270 g/mol. The van der Waals surface area contributed by atoms with Crippen molar-refractivity contribution < 1.29 is 0 Å². The van der Waals surface area contributed by atoms with Crippen LogP contribution in [0.3, 0.4) is 0 Å². The van der Waals surface area contributed by atoms with Crippen LogP contribution in [-0.4, -0.2) is 20.9 Å². The number of aromatic nitrogens is 3. The van der Waals surface area contributed by atoms with Crippen LogP contribution in [0.25, 0.3) is 0 Å². The summed E-state index contributed by atoms with van der Waals surface area (Å²) in [5, 5.41) is 8.92. The lowest BCUT2D eigenvalue weighted by Gasteiger charge is -2.00. The topological polar surface area (TPSA) is 30.7 Å². The van der Waals surface area contributed by atoms with Crippen LogP contribution >= 0.6 is 23.2 Å². The molecule has 2 aromatic rings. The van der Waals surface area contributed by atoms with Crippen molar-refractivity contribution >= 4 is 23.2 Å². The molecule has 5 heteroatoms. The second-order valence-corrected chi connectivity index (χ2v) is 4.64. The van der Waals surface area contributed by atoms with Crippen LogP contribution < -0.4 is 0 Å². The lowest BCUT2D eigenvalue weighted by Crippen LogP contribution is -1.99. The van der Waals surface area contributed by atoms with Crippen LogP contribution in [0.4, 0.5) is 0 Å². The number of benzene rings is 1. The fourth-order valence-corrected chi connectivity index (χ4v) is 1.81. The van der Waals surface area contributed by atoms with Gasteiger partial charge in [0.2, 0.25) is 0 Å². The van der Waals surface area contributed by atoms with Gasteiger partial charge < -0.3 is 0 Å². The molecule has 1 aromatic heterocycles. The highest BCUT2D eigenvalue weighted by Crippen LogP contribution is 2.10. The van der Waals surface area contributed by atoms with Gasteiger partial charge in [-0.15, -0.1) is 16.7 Å². The van der Waals surface area contributed by atoms with Gasteiger partial charge in [-0.1, -0.05) is 28.9 Å². The zero-order chi connectivity index (χ0) is 12.1. The van der Waals surface area contributed by atoms with Gasteiger partial charge in [0.15, 0.2) is 0 Å². The summed E-state index contributed by atoms with van der Waals surface area (Å²) >= 11 is 11.5. The molecule has 0 bridgehead atoms. The van der Waals surface area contributed by atoms with E-state index in [0.29, 0.717) is 12.4 Å². The maximum absolute atomic E-state index is 5.83. The second kappa shape index (κ2) is 6.03. The zero-order valence-corrected chi connectivity index (χ0v) is 10.8. The van der Waals surface area contributed by atoms with Crippen molar-refractivity contribution in [3.8, 4) is 0 Å². The first-order chi connectivity index (χ1) is 8.28. The van der Waals surface area contributed by atoms with Gasteiger partial charge in [0.05, 0.1) is 12.2 Å². The number of rotatable bonds is 5. The molecule has 0 fully saturated rings. The summed E-state index contributed by atoms with van der Waals surface area (Å²) in [4.78, 5) is 0. The SMILES string of the molecule is ClCCCc1cn(Cc2ccc(Cl)cc2)nn1. The van der Waals surface area contributed by atoms with Crippen LogP contribution in [0.15, 0.2) is 30.5 Å². The van der Waals surface area contributed by atoms with Gasteiger partial charge >= 0.3 is 0 Å². The van der Waals surface area contributed by atoms with E-state index in [2.05, 4.69) is 10.3 Å². The fourth-order valence-electron chi connectivity index (χ4n) is 1.56. The van der Waals surface area contributed by atoms with E-state index >= 15 is 0 Å². The predicted octanol–water partition coefficient (Wildman–Crippen LogP) is 3.15. The second-order valence-electron chi connectivity index (χ2n) is 3.83. The third-order valence-corrected chi connectivity index (χ3v) is 2.93. The number of halogens is 2. The van der Waals surface area contributed by atoms with Gasteiger partial charge in [-0.05, 0) is 30.5 Å². The molecule has 0 aliphatic rings. The third-order valence-electron chi connectivity index (χ3n) is 2.41. The molecule has 1 aromatic carbocycles. The van der Waals surface area contributed by atoms with E-state index in [1.54, 1.807) is 0 Å². The molecule has 3 nitrogen and oxygen atoms in total. The van der Waals surface area contributed by atoms with Crippen molar-refractivity contribution in [1.82, 2.24) is 15.0 Å². The minimum atomic E-state index is 0.657. The molecule has 2 rings (SSSR count). The van der Waals surface area contributed by atoms with Gasteiger partial charge in [0.1, 0.15) is 0 Å². The number of hydrogen-bond donors (Lipinski definition) is 0. The van der Waals surface area contributed by atoms with Crippen molar-refractivity contribution in [1.29, 1.82) is 0 Å². The van der Waals surface area contributed by atoms with Crippen LogP contribution in [0.1, 0.15) is 17.7 Å². The summed E-state index contributed by atoms with van der Waals surface area (Å²) in [5.74, 6) is 0.657. The highest BCUT2D eigenvalue weighted by molar-refractivity contribution is 6.30. The van der Waals surface area contributed by atoms with Crippen molar-refractivity contribution in [3.05, 3.63) is 46.7 Å². The molecular formula is C12H13Cl2N3. The fraction of sp³-hybridized carbons (Fsp3) is 0.333. The van der Waals surface area contributed by atoms with Gasteiger partial charge in [-0.2, -0.15) is 0 Å². The predicted molar refractivity (Wildman–Crippen MR) is 69.6 cm³/mol. The molecule has 0 N–H and O–H groups in total. The summed E-state index contributed by atoms with van der Waals surface area (Å²) in [7, 11) is 0. The molecule has 0 spiro atoms. The summed E-state index contributed by atoms with van der Waals surface area (Å²) in [6, 6.07) is 7.73. The number of aryl methyl sites for hydroxylation is 1. The van der Waals surface area contributed by atoms with E-state index in [1.807, 2.05) is 35.1 Å². The third kappa shape index (κ3) is 3.72. The maximum Gasteiger partial charge on any atom is 0.0827 e. The highest BCUT2D eigenvalue weighted by Gasteiger charge is 2.01. The lowest BCUT2D eigenvalue weighted by molar-refractivity contribution is 0.649. The number of alkyl halides is 1. The minimum absolute atomic E-state index is 0.657. The molecule has 90 valence electrons. The average Bonchev–Trinajstić information content (AvgIpc) is 2.77.